The minimum atomic E-state index is -0.757. The summed E-state index contributed by atoms with van der Waals surface area (Å²) in [6.45, 7) is 2.03. The summed E-state index contributed by atoms with van der Waals surface area (Å²) in [5.74, 6) is -0.771. The second-order valence-corrected chi connectivity index (χ2v) is 7.32. The summed E-state index contributed by atoms with van der Waals surface area (Å²) in [6.07, 6.45) is 0. The molecule has 0 aliphatic heterocycles. The van der Waals surface area contributed by atoms with Crippen LogP contribution < -0.4 is 0 Å². The largest absolute Gasteiger partial charge is 0.450 e. The molecule has 0 unspecified atom stereocenters. The molecule has 2 aromatic heterocycles. The normalized spacial score (nSPS) is 10.6. The summed E-state index contributed by atoms with van der Waals surface area (Å²) in [5.41, 5.74) is 1.65. The van der Waals surface area contributed by atoms with Gasteiger partial charge in [0.1, 0.15) is 5.76 Å². The Morgan fingerprint density at radius 2 is 1.90 bits per heavy atom. The lowest BCUT2D eigenvalue weighted by atomic mass is 10.1. The van der Waals surface area contributed by atoms with Gasteiger partial charge in [0.25, 0.3) is 11.6 Å². The molecule has 8 nitrogen and oxygen atoms in total. The van der Waals surface area contributed by atoms with E-state index in [9.17, 15) is 19.7 Å². The third-order valence-corrected chi connectivity index (χ3v) is 5.28. The van der Waals surface area contributed by atoms with Crippen molar-refractivity contribution >= 4 is 28.9 Å². The van der Waals surface area contributed by atoms with Crippen molar-refractivity contribution in [1.29, 1.82) is 0 Å². The molecule has 1 amide bonds. The summed E-state index contributed by atoms with van der Waals surface area (Å²) < 4.78 is 10.5. The summed E-state index contributed by atoms with van der Waals surface area (Å²) in [4.78, 5) is 37.1. The van der Waals surface area contributed by atoms with Gasteiger partial charge in [0.2, 0.25) is 5.76 Å². The minimum absolute atomic E-state index is 0.0414. The number of furan rings is 1. The summed E-state index contributed by atoms with van der Waals surface area (Å²) in [6, 6.07) is 10.7. The first-order valence-corrected chi connectivity index (χ1v) is 9.52. The lowest BCUT2D eigenvalue weighted by Crippen LogP contribution is -2.30. The summed E-state index contributed by atoms with van der Waals surface area (Å²) in [5, 5.41) is 12.7. The van der Waals surface area contributed by atoms with E-state index in [0.717, 1.165) is 10.4 Å². The van der Waals surface area contributed by atoms with Crippen LogP contribution >= 0.6 is 11.3 Å². The van der Waals surface area contributed by atoms with Crippen LogP contribution in [0.5, 0.6) is 0 Å². The van der Waals surface area contributed by atoms with Crippen LogP contribution in [0.15, 0.2) is 52.3 Å². The van der Waals surface area contributed by atoms with E-state index in [1.165, 1.54) is 35.2 Å². The van der Waals surface area contributed by atoms with Gasteiger partial charge >= 0.3 is 5.97 Å². The van der Waals surface area contributed by atoms with Crippen molar-refractivity contribution in [2.45, 2.75) is 13.5 Å². The number of hydrogen-bond acceptors (Lipinski definition) is 7. The van der Waals surface area contributed by atoms with Crippen LogP contribution in [0, 0.1) is 17.0 Å². The van der Waals surface area contributed by atoms with Gasteiger partial charge in [-0.1, -0.05) is 0 Å². The number of carbonyl (C=O) groups excluding carboxylic acids is 2. The van der Waals surface area contributed by atoms with Crippen LogP contribution in [0.25, 0.3) is 11.3 Å². The molecular formula is C20H18N2O6S. The molecule has 0 radical (unpaired) electrons. The quantitative estimate of drug-likeness (QED) is 0.328. The first-order valence-electron chi connectivity index (χ1n) is 8.64. The Kier molecular flexibility index (Phi) is 6.08. The van der Waals surface area contributed by atoms with Gasteiger partial charge in [-0.05, 0) is 48.2 Å². The minimum Gasteiger partial charge on any atom is -0.450 e. The molecule has 0 atom stereocenters. The van der Waals surface area contributed by atoms with Crippen LogP contribution in [-0.2, 0) is 16.1 Å². The van der Waals surface area contributed by atoms with Crippen molar-refractivity contribution < 1.29 is 23.7 Å². The highest BCUT2D eigenvalue weighted by Gasteiger charge is 2.18. The number of non-ortho nitro benzene ring substituents is 1. The topological polar surface area (TPSA) is 103 Å². The standard InChI is InChI=1S/C20H18N2O6S/c1-13-9-10-29-18(13)11-21(2)19(23)12-27-20(24)17-8-7-16(28-17)14-3-5-15(6-4-14)22(25)26/h3-10H,11-12H2,1-2H3. The SMILES string of the molecule is Cc1ccsc1CN(C)C(=O)COC(=O)c1ccc(-c2ccc([N+](=O)[O-])cc2)o1. The number of amides is 1. The predicted octanol–water partition coefficient (Wildman–Crippen LogP) is 4.04. The number of ether oxygens (including phenoxy) is 1. The highest BCUT2D eigenvalue weighted by molar-refractivity contribution is 7.10. The molecule has 0 bridgehead atoms. The molecule has 9 heteroatoms. The first-order chi connectivity index (χ1) is 13.8. The number of carbonyl (C=O) groups is 2. The first kappa shape index (κ1) is 20.3. The molecule has 0 saturated heterocycles. The lowest BCUT2D eigenvalue weighted by molar-refractivity contribution is -0.384. The fourth-order valence-corrected chi connectivity index (χ4v) is 3.49. The van der Waals surface area contributed by atoms with E-state index >= 15 is 0 Å². The van der Waals surface area contributed by atoms with Gasteiger partial charge in [0.05, 0.1) is 11.5 Å². The Labute approximate surface area is 170 Å². The Balaban J connectivity index is 1.56. The summed E-state index contributed by atoms with van der Waals surface area (Å²) in [7, 11) is 1.65. The van der Waals surface area contributed by atoms with Gasteiger partial charge in [-0.25, -0.2) is 4.79 Å². The number of rotatable bonds is 7. The number of aryl methyl sites for hydroxylation is 1. The highest BCUT2D eigenvalue weighted by atomic mass is 32.1. The molecule has 0 N–H and O–H groups in total. The number of thiophene rings is 1. The second kappa shape index (κ2) is 8.70. The van der Waals surface area contributed by atoms with Gasteiger partial charge < -0.3 is 14.1 Å². The Morgan fingerprint density at radius 1 is 1.17 bits per heavy atom. The highest BCUT2D eigenvalue weighted by Crippen LogP contribution is 2.25. The van der Waals surface area contributed by atoms with Crippen molar-refractivity contribution in [3.05, 3.63) is 74.2 Å². The number of nitrogens with zero attached hydrogens (tertiary/aromatic N) is 2. The van der Waals surface area contributed by atoms with Crippen LogP contribution in [-0.4, -0.2) is 35.4 Å². The third kappa shape index (κ3) is 4.88. The number of benzene rings is 1. The molecule has 3 aromatic rings. The smallest absolute Gasteiger partial charge is 0.374 e. The van der Waals surface area contributed by atoms with E-state index in [4.69, 9.17) is 9.15 Å². The lowest BCUT2D eigenvalue weighted by Gasteiger charge is -2.16. The van der Waals surface area contributed by atoms with Crippen molar-refractivity contribution in [2.24, 2.45) is 0 Å². The van der Waals surface area contributed by atoms with Crippen molar-refractivity contribution in [3.63, 3.8) is 0 Å². The molecule has 0 fully saturated rings. The van der Waals surface area contributed by atoms with Crippen molar-refractivity contribution in [1.82, 2.24) is 4.90 Å². The zero-order valence-electron chi connectivity index (χ0n) is 15.8. The molecule has 1 aromatic carbocycles. The average Bonchev–Trinajstić information content (AvgIpc) is 3.35. The van der Waals surface area contributed by atoms with Gasteiger partial charge in [0.15, 0.2) is 6.61 Å². The van der Waals surface area contributed by atoms with Crippen LogP contribution in [0.4, 0.5) is 5.69 Å². The Hall–Kier alpha value is -3.46. The van der Waals surface area contributed by atoms with Crippen LogP contribution in [0.2, 0.25) is 0 Å². The molecule has 29 heavy (non-hydrogen) atoms. The second-order valence-electron chi connectivity index (χ2n) is 6.32. The zero-order chi connectivity index (χ0) is 21.0. The molecule has 0 aliphatic carbocycles. The molecule has 0 spiro atoms. The van der Waals surface area contributed by atoms with Crippen LogP contribution in [0.1, 0.15) is 21.0 Å². The summed E-state index contributed by atoms with van der Waals surface area (Å²) >= 11 is 1.57. The molecule has 0 aliphatic rings. The number of hydrogen-bond donors (Lipinski definition) is 0. The van der Waals surface area contributed by atoms with Gasteiger partial charge in [-0.2, -0.15) is 0 Å². The predicted molar refractivity (Wildman–Crippen MR) is 107 cm³/mol. The maximum atomic E-state index is 12.2. The number of nitro benzene ring substituents is 1. The number of nitro groups is 1. The van der Waals surface area contributed by atoms with E-state index in [0.29, 0.717) is 17.9 Å². The number of esters is 1. The monoisotopic (exact) mass is 414 g/mol. The average molecular weight is 414 g/mol. The Morgan fingerprint density at radius 3 is 2.52 bits per heavy atom. The fourth-order valence-electron chi connectivity index (χ4n) is 2.53. The fraction of sp³-hybridized carbons (Fsp3) is 0.200. The maximum absolute atomic E-state index is 12.2. The van der Waals surface area contributed by atoms with E-state index in [1.807, 2.05) is 18.4 Å². The maximum Gasteiger partial charge on any atom is 0.374 e. The van der Waals surface area contributed by atoms with Gasteiger partial charge in [-0.15, -0.1) is 11.3 Å². The van der Waals surface area contributed by atoms with E-state index in [-0.39, 0.29) is 17.4 Å². The van der Waals surface area contributed by atoms with Crippen molar-refractivity contribution in [2.75, 3.05) is 13.7 Å². The van der Waals surface area contributed by atoms with Gasteiger partial charge in [0, 0.05) is 29.6 Å². The number of likely N-dealkylation sites (N-methyl/N-ethyl adjacent to an activating group) is 1. The van der Waals surface area contributed by atoms with E-state index in [2.05, 4.69) is 0 Å². The van der Waals surface area contributed by atoms with E-state index < -0.39 is 17.5 Å². The molecule has 150 valence electrons. The van der Waals surface area contributed by atoms with E-state index in [1.54, 1.807) is 24.5 Å². The third-order valence-electron chi connectivity index (χ3n) is 4.27. The van der Waals surface area contributed by atoms with Crippen molar-refractivity contribution in [3.8, 4) is 11.3 Å². The van der Waals surface area contributed by atoms with Gasteiger partial charge in [-0.3, -0.25) is 14.9 Å². The Bertz CT molecular complexity index is 1040. The van der Waals surface area contributed by atoms with Crippen LogP contribution in [0.3, 0.4) is 0 Å². The molecule has 2 heterocycles. The molecular weight excluding hydrogens is 396 g/mol. The molecule has 3 rings (SSSR count). The zero-order valence-corrected chi connectivity index (χ0v) is 16.6. The molecule has 0 saturated carbocycles.